The molecular weight excluding hydrogens is 162 g/mol. The first kappa shape index (κ1) is 8.21. The van der Waals surface area contributed by atoms with Gasteiger partial charge in [0.05, 0.1) is 0 Å². The molecule has 0 bridgehead atoms. The van der Waals surface area contributed by atoms with E-state index in [9.17, 15) is 0 Å². The Morgan fingerprint density at radius 2 is 2.20 bits per heavy atom. The van der Waals surface area contributed by atoms with Gasteiger partial charge in [0, 0.05) is 11.4 Å². The zero-order valence-electron chi connectivity index (χ0n) is 6.26. The van der Waals surface area contributed by atoms with Gasteiger partial charge >= 0.3 is 0 Å². The zero-order chi connectivity index (χ0) is 7.40. The number of thioether (sulfide) groups is 2. The number of hydrogen-bond donors (Lipinski definition) is 0. The van der Waals surface area contributed by atoms with Gasteiger partial charge < -0.3 is 0 Å². The van der Waals surface area contributed by atoms with Crippen LogP contribution in [0.5, 0.6) is 0 Å². The highest BCUT2D eigenvalue weighted by Gasteiger charge is 2.06. The van der Waals surface area contributed by atoms with Crippen molar-refractivity contribution in [3.8, 4) is 0 Å². The fraction of sp³-hybridized carbons (Fsp3) is 0.571. The minimum Gasteiger partial charge on any atom is -0.277 e. The molecule has 56 valence electrons. The molecule has 0 atom stereocenters. The van der Waals surface area contributed by atoms with E-state index in [0.717, 1.165) is 13.0 Å². The first-order valence-corrected chi connectivity index (χ1v) is 5.66. The van der Waals surface area contributed by atoms with Crippen molar-refractivity contribution in [1.29, 1.82) is 0 Å². The van der Waals surface area contributed by atoms with Gasteiger partial charge in [-0.2, -0.15) is 0 Å². The fourth-order valence-corrected chi connectivity index (χ4v) is 2.39. The van der Waals surface area contributed by atoms with Crippen LogP contribution in [-0.2, 0) is 0 Å². The third-order valence-corrected chi connectivity index (χ3v) is 3.00. The normalized spacial score (nSPS) is 18.2. The smallest absolute Gasteiger partial charge is 0.103 e. The summed E-state index contributed by atoms with van der Waals surface area (Å²) in [5, 5.41) is 1.21. The highest BCUT2D eigenvalue weighted by Crippen LogP contribution is 2.23. The molecule has 0 aliphatic carbocycles. The van der Waals surface area contributed by atoms with Gasteiger partial charge in [-0.05, 0) is 18.9 Å². The highest BCUT2D eigenvalue weighted by atomic mass is 32.2. The van der Waals surface area contributed by atoms with Gasteiger partial charge in [0.15, 0.2) is 0 Å². The van der Waals surface area contributed by atoms with E-state index in [1.807, 2.05) is 0 Å². The van der Waals surface area contributed by atoms with Crippen molar-refractivity contribution in [3.05, 3.63) is 11.0 Å². The van der Waals surface area contributed by atoms with Crippen molar-refractivity contribution >= 4 is 28.6 Å². The van der Waals surface area contributed by atoms with Gasteiger partial charge in [0.1, 0.15) is 5.04 Å². The third kappa shape index (κ3) is 1.80. The van der Waals surface area contributed by atoms with Crippen molar-refractivity contribution in [1.82, 2.24) is 0 Å². The van der Waals surface area contributed by atoms with Crippen LogP contribution in [0.4, 0.5) is 0 Å². The Labute approximate surface area is 70.4 Å². The second-order valence-corrected chi connectivity index (χ2v) is 3.60. The molecule has 1 rings (SSSR count). The molecule has 0 unspecified atom stereocenters. The average molecular weight is 173 g/mol. The Balaban J connectivity index is 2.67. The lowest BCUT2D eigenvalue weighted by molar-refractivity contribution is 0.997. The fourth-order valence-electron chi connectivity index (χ4n) is 0.863. The van der Waals surface area contributed by atoms with Gasteiger partial charge in [-0.1, -0.05) is 6.08 Å². The predicted molar refractivity (Wildman–Crippen MR) is 52.0 cm³/mol. The number of nitrogens with zero attached hydrogens (tertiary/aromatic N) is 1. The van der Waals surface area contributed by atoms with Crippen LogP contribution in [0, 0.1) is 0 Å². The molecule has 0 spiro atoms. The summed E-state index contributed by atoms with van der Waals surface area (Å²) >= 11 is 3.53. The van der Waals surface area contributed by atoms with Gasteiger partial charge in [-0.3, -0.25) is 4.99 Å². The van der Waals surface area contributed by atoms with E-state index in [0.29, 0.717) is 0 Å². The number of dihydropyridines is 1. The molecule has 0 amide bonds. The van der Waals surface area contributed by atoms with Crippen LogP contribution in [0.2, 0.25) is 0 Å². The first-order valence-electron chi connectivity index (χ1n) is 3.21. The zero-order valence-corrected chi connectivity index (χ0v) is 7.89. The van der Waals surface area contributed by atoms with E-state index in [-0.39, 0.29) is 0 Å². The van der Waals surface area contributed by atoms with Crippen molar-refractivity contribution in [2.24, 2.45) is 4.99 Å². The predicted octanol–water partition coefficient (Wildman–Crippen LogP) is 2.40. The van der Waals surface area contributed by atoms with E-state index in [1.165, 1.54) is 9.95 Å². The maximum atomic E-state index is 4.39. The molecule has 10 heavy (non-hydrogen) atoms. The summed E-state index contributed by atoms with van der Waals surface area (Å²) in [5.74, 6) is 0. The molecular formula is C7H11NS2. The average Bonchev–Trinajstić information content (AvgIpc) is 2.04. The number of hydrogen-bond acceptors (Lipinski definition) is 3. The summed E-state index contributed by atoms with van der Waals surface area (Å²) < 4.78 is 0. The minimum atomic E-state index is 0.972. The maximum Gasteiger partial charge on any atom is 0.103 e. The summed E-state index contributed by atoms with van der Waals surface area (Å²) in [6, 6.07) is 0. The Kier molecular flexibility index (Phi) is 3.35. The summed E-state index contributed by atoms with van der Waals surface area (Å²) in [5.41, 5.74) is 0. The van der Waals surface area contributed by atoms with E-state index >= 15 is 0 Å². The van der Waals surface area contributed by atoms with Crippen LogP contribution in [0.1, 0.15) is 6.42 Å². The second kappa shape index (κ2) is 4.09. The Morgan fingerprint density at radius 1 is 1.40 bits per heavy atom. The lowest BCUT2D eigenvalue weighted by Crippen LogP contribution is -2.00. The van der Waals surface area contributed by atoms with Crippen LogP contribution >= 0.6 is 23.5 Å². The van der Waals surface area contributed by atoms with Crippen LogP contribution in [0.15, 0.2) is 16.0 Å². The first-order chi connectivity index (χ1) is 4.88. The van der Waals surface area contributed by atoms with E-state index in [1.54, 1.807) is 23.5 Å². The molecule has 0 aromatic heterocycles. The SMILES string of the molecule is CSC1=CCCN=C1SC. The molecule has 1 nitrogen and oxygen atoms in total. The lowest BCUT2D eigenvalue weighted by Gasteiger charge is -2.09. The molecule has 0 fully saturated rings. The van der Waals surface area contributed by atoms with E-state index in [4.69, 9.17) is 0 Å². The molecule has 0 saturated heterocycles. The van der Waals surface area contributed by atoms with Crippen LogP contribution in [-0.4, -0.2) is 24.1 Å². The standard InChI is InChI=1S/C7H11NS2/c1-9-6-4-3-5-8-7(6)10-2/h4H,3,5H2,1-2H3. The molecule has 0 aromatic carbocycles. The number of aliphatic imine (C=N–C) groups is 1. The summed E-state index contributed by atoms with van der Waals surface area (Å²) in [4.78, 5) is 5.74. The topological polar surface area (TPSA) is 12.4 Å². The monoisotopic (exact) mass is 173 g/mol. The van der Waals surface area contributed by atoms with Crippen LogP contribution in [0.3, 0.4) is 0 Å². The Hall–Kier alpha value is 0.110. The Morgan fingerprint density at radius 3 is 2.70 bits per heavy atom. The molecule has 0 aromatic rings. The van der Waals surface area contributed by atoms with E-state index in [2.05, 4.69) is 23.6 Å². The molecule has 1 aliphatic rings. The molecule has 0 N–H and O–H groups in total. The van der Waals surface area contributed by atoms with Crippen molar-refractivity contribution < 1.29 is 0 Å². The second-order valence-electron chi connectivity index (χ2n) is 1.95. The van der Waals surface area contributed by atoms with Gasteiger partial charge in [-0.15, -0.1) is 23.5 Å². The third-order valence-electron chi connectivity index (χ3n) is 1.34. The highest BCUT2D eigenvalue weighted by molar-refractivity contribution is 8.17. The van der Waals surface area contributed by atoms with Crippen molar-refractivity contribution in [2.75, 3.05) is 19.1 Å². The molecule has 3 heteroatoms. The largest absolute Gasteiger partial charge is 0.277 e. The van der Waals surface area contributed by atoms with E-state index < -0.39 is 0 Å². The van der Waals surface area contributed by atoms with Crippen molar-refractivity contribution in [2.45, 2.75) is 6.42 Å². The maximum absolute atomic E-state index is 4.39. The Bertz CT molecular complexity index is 152. The molecule has 0 saturated carbocycles. The molecule has 0 radical (unpaired) electrons. The van der Waals surface area contributed by atoms with Gasteiger partial charge in [-0.25, -0.2) is 0 Å². The number of rotatable bonds is 1. The summed E-state index contributed by atoms with van der Waals surface area (Å²) in [6.45, 7) is 0.972. The van der Waals surface area contributed by atoms with Crippen molar-refractivity contribution in [3.63, 3.8) is 0 Å². The van der Waals surface area contributed by atoms with Crippen LogP contribution in [0.25, 0.3) is 0 Å². The van der Waals surface area contributed by atoms with Crippen LogP contribution < -0.4 is 0 Å². The summed E-state index contributed by atoms with van der Waals surface area (Å²) in [6.07, 6.45) is 7.56. The quantitative estimate of drug-likeness (QED) is 0.603. The summed E-state index contributed by atoms with van der Waals surface area (Å²) in [7, 11) is 0. The molecule has 1 heterocycles. The van der Waals surface area contributed by atoms with Gasteiger partial charge in [0.25, 0.3) is 0 Å². The minimum absolute atomic E-state index is 0.972. The van der Waals surface area contributed by atoms with Gasteiger partial charge in [0.2, 0.25) is 0 Å². The lowest BCUT2D eigenvalue weighted by atomic mass is 10.3. The molecule has 1 aliphatic heterocycles.